The van der Waals surface area contributed by atoms with Gasteiger partial charge in [-0.2, -0.15) is 0 Å². The third-order valence-corrected chi connectivity index (χ3v) is 2.00. The molecule has 0 saturated carbocycles. The number of aryl methyl sites for hydroxylation is 1. The molecule has 1 aromatic rings. The van der Waals surface area contributed by atoms with Gasteiger partial charge in [-0.15, -0.1) is 0 Å². The van der Waals surface area contributed by atoms with Crippen LogP contribution in [0.1, 0.15) is 25.0 Å². The molecular weight excluding hydrogens is 205 g/mol. The topological polar surface area (TPSA) is 29.1 Å². The number of nitrogens with one attached hydrogen (secondary N) is 1. The molecule has 0 radical (unpaired) electrons. The summed E-state index contributed by atoms with van der Waals surface area (Å²) in [4.78, 5) is 11.3. The van der Waals surface area contributed by atoms with Crippen molar-refractivity contribution in [2.45, 2.75) is 26.8 Å². The lowest BCUT2D eigenvalue weighted by Gasteiger charge is -2.04. The molecule has 0 unspecified atom stereocenters. The fourth-order valence-electron chi connectivity index (χ4n) is 1.27. The summed E-state index contributed by atoms with van der Waals surface area (Å²) in [5, 5.41) is 2.70. The highest BCUT2D eigenvalue weighted by Gasteiger charge is 2.00. The van der Waals surface area contributed by atoms with E-state index in [1.54, 1.807) is 6.07 Å². The monoisotopic (exact) mass is 221 g/mol. The minimum Gasteiger partial charge on any atom is -0.350 e. The second-order valence-electron chi connectivity index (χ2n) is 4.02. The van der Waals surface area contributed by atoms with Gasteiger partial charge in [0.2, 0.25) is 5.91 Å². The molecule has 0 atom stereocenters. The van der Waals surface area contributed by atoms with E-state index >= 15 is 0 Å². The molecule has 1 rings (SSSR count). The van der Waals surface area contributed by atoms with E-state index in [4.69, 9.17) is 0 Å². The average Bonchev–Trinajstić information content (AvgIpc) is 2.15. The highest BCUT2D eigenvalue weighted by molar-refractivity contribution is 5.91. The van der Waals surface area contributed by atoms with Gasteiger partial charge in [-0.05, 0) is 38.5 Å². The highest BCUT2D eigenvalue weighted by Crippen LogP contribution is 2.11. The van der Waals surface area contributed by atoms with E-state index in [-0.39, 0.29) is 17.8 Å². The Morgan fingerprint density at radius 3 is 2.69 bits per heavy atom. The van der Waals surface area contributed by atoms with Gasteiger partial charge in [0.05, 0.1) is 0 Å². The Hall–Kier alpha value is -1.64. The zero-order chi connectivity index (χ0) is 12.1. The number of amides is 1. The predicted molar refractivity (Wildman–Crippen MR) is 63.4 cm³/mol. The van der Waals surface area contributed by atoms with Crippen LogP contribution in [0.15, 0.2) is 24.3 Å². The lowest BCUT2D eigenvalue weighted by Crippen LogP contribution is -2.28. The van der Waals surface area contributed by atoms with E-state index in [1.807, 2.05) is 26.8 Å². The number of carbonyl (C=O) groups is 1. The quantitative estimate of drug-likeness (QED) is 0.781. The van der Waals surface area contributed by atoms with Gasteiger partial charge in [0, 0.05) is 17.7 Å². The lowest BCUT2D eigenvalue weighted by molar-refractivity contribution is -0.116. The van der Waals surface area contributed by atoms with Crippen LogP contribution in [-0.2, 0) is 4.79 Å². The highest BCUT2D eigenvalue weighted by atomic mass is 19.1. The molecule has 0 spiro atoms. The van der Waals surface area contributed by atoms with Crippen LogP contribution in [0.2, 0.25) is 0 Å². The summed E-state index contributed by atoms with van der Waals surface area (Å²) in [5.74, 6) is -0.524. The number of rotatable bonds is 3. The van der Waals surface area contributed by atoms with E-state index in [2.05, 4.69) is 5.32 Å². The van der Waals surface area contributed by atoms with Crippen molar-refractivity contribution in [2.75, 3.05) is 0 Å². The normalized spacial score (nSPS) is 11.1. The maximum atomic E-state index is 13.4. The van der Waals surface area contributed by atoms with Gasteiger partial charge in [0.1, 0.15) is 5.82 Å². The number of halogens is 1. The minimum absolute atomic E-state index is 0.0833. The smallest absolute Gasteiger partial charge is 0.244 e. The summed E-state index contributed by atoms with van der Waals surface area (Å²) in [7, 11) is 0. The molecule has 0 heterocycles. The second kappa shape index (κ2) is 5.45. The van der Waals surface area contributed by atoms with E-state index < -0.39 is 0 Å². The van der Waals surface area contributed by atoms with Crippen molar-refractivity contribution >= 4 is 12.0 Å². The third kappa shape index (κ3) is 3.85. The largest absolute Gasteiger partial charge is 0.350 e. The number of benzene rings is 1. The predicted octanol–water partition coefficient (Wildman–Crippen LogP) is 2.67. The molecule has 0 aromatic heterocycles. The minimum atomic E-state index is -0.311. The van der Waals surface area contributed by atoms with Crippen LogP contribution in [-0.4, -0.2) is 11.9 Å². The van der Waals surface area contributed by atoms with Crippen molar-refractivity contribution in [1.29, 1.82) is 0 Å². The molecule has 0 saturated heterocycles. The molecule has 3 heteroatoms. The first-order valence-electron chi connectivity index (χ1n) is 5.24. The van der Waals surface area contributed by atoms with E-state index in [9.17, 15) is 9.18 Å². The van der Waals surface area contributed by atoms with Crippen LogP contribution >= 0.6 is 0 Å². The summed E-state index contributed by atoms with van der Waals surface area (Å²) < 4.78 is 13.4. The van der Waals surface area contributed by atoms with E-state index in [1.165, 1.54) is 18.2 Å². The first kappa shape index (κ1) is 12.4. The van der Waals surface area contributed by atoms with Crippen molar-refractivity contribution < 1.29 is 9.18 Å². The SMILES string of the molecule is Cc1ccc(/C=C/C(=O)NC(C)C)c(F)c1. The number of hydrogen-bond donors (Lipinski definition) is 1. The van der Waals surface area contributed by atoms with Crippen LogP contribution in [0, 0.1) is 12.7 Å². The fourth-order valence-corrected chi connectivity index (χ4v) is 1.27. The summed E-state index contributed by atoms with van der Waals surface area (Å²) in [6.07, 6.45) is 2.82. The van der Waals surface area contributed by atoms with Gasteiger partial charge >= 0.3 is 0 Å². The Bertz CT molecular complexity index is 410. The Kier molecular flexibility index (Phi) is 4.23. The van der Waals surface area contributed by atoms with Crippen molar-refractivity contribution in [1.82, 2.24) is 5.32 Å². The van der Waals surface area contributed by atoms with Crippen molar-refractivity contribution in [2.24, 2.45) is 0 Å². The summed E-state index contributed by atoms with van der Waals surface area (Å²) in [6.45, 7) is 5.57. The fraction of sp³-hybridized carbons (Fsp3) is 0.308. The molecule has 0 fully saturated rings. The molecule has 86 valence electrons. The maximum Gasteiger partial charge on any atom is 0.244 e. The second-order valence-corrected chi connectivity index (χ2v) is 4.02. The van der Waals surface area contributed by atoms with E-state index in [0.29, 0.717) is 5.56 Å². The zero-order valence-electron chi connectivity index (χ0n) is 9.75. The number of hydrogen-bond acceptors (Lipinski definition) is 1. The first-order chi connectivity index (χ1) is 7.49. The van der Waals surface area contributed by atoms with Gasteiger partial charge in [0.25, 0.3) is 0 Å². The van der Waals surface area contributed by atoms with Crippen molar-refractivity contribution in [3.63, 3.8) is 0 Å². The van der Waals surface area contributed by atoms with Gasteiger partial charge in [0.15, 0.2) is 0 Å². The van der Waals surface area contributed by atoms with Crippen molar-refractivity contribution in [3.8, 4) is 0 Å². The van der Waals surface area contributed by atoms with Crippen LogP contribution in [0.5, 0.6) is 0 Å². The van der Waals surface area contributed by atoms with Gasteiger partial charge in [-0.1, -0.05) is 12.1 Å². The lowest BCUT2D eigenvalue weighted by atomic mass is 10.1. The van der Waals surface area contributed by atoms with Crippen LogP contribution in [0.3, 0.4) is 0 Å². The summed E-state index contributed by atoms with van der Waals surface area (Å²) in [5.41, 5.74) is 1.28. The average molecular weight is 221 g/mol. The molecule has 1 N–H and O–H groups in total. The van der Waals surface area contributed by atoms with Crippen molar-refractivity contribution in [3.05, 3.63) is 41.2 Å². The molecule has 2 nitrogen and oxygen atoms in total. The molecule has 16 heavy (non-hydrogen) atoms. The Morgan fingerprint density at radius 2 is 2.12 bits per heavy atom. The third-order valence-electron chi connectivity index (χ3n) is 2.00. The molecule has 0 aliphatic carbocycles. The summed E-state index contributed by atoms with van der Waals surface area (Å²) in [6, 6.07) is 4.99. The maximum absolute atomic E-state index is 13.4. The summed E-state index contributed by atoms with van der Waals surface area (Å²) >= 11 is 0. The molecule has 1 aromatic carbocycles. The van der Waals surface area contributed by atoms with Gasteiger partial charge in [-0.25, -0.2) is 4.39 Å². The van der Waals surface area contributed by atoms with Crippen LogP contribution in [0.4, 0.5) is 4.39 Å². The Labute approximate surface area is 95.2 Å². The molecule has 1 amide bonds. The van der Waals surface area contributed by atoms with Gasteiger partial charge in [-0.3, -0.25) is 4.79 Å². The van der Waals surface area contributed by atoms with E-state index in [0.717, 1.165) is 5.56 Å². The molecule has 0 aliphatic heterocycles. The molecular formula is C13H16FNO. The standard InChI is InChI=1S/C13H16FNO/c1-9(2)15-13(16)7-6-11-5-4-10(3)8-12(11)14/h4-9H,1-3H3,(H,15,16)/b7-6+. The molecule has 0 aliphatic rings. The van der Waals surface area contributed by atoms with Gasteiger partial charge < -0.3 is 5.32 Å². The molecule has 0 bridgehead atoms. The number of carbonyl (C=O) groups excluding carboxylic acids is 1. The Balaban J connectivity index is 2.73. The first-order valence-corrected chi connectivity index (χ1v) is 5.24. The zero-order valence-corrected chi connectivity index (χ0v) is 9.75. The van der Waals surface area contributed by atoms with Crippen LogP contribution in [0.25, 0.3) is 6.08 Å². The Morgan fingerprint density at radius 1 is 1.44 bits per heavy atom. The van der Waals surface area contributed by atoms with Crippen LogP contribution < -0.4 is 5.32 Å².